The Bertz CT molecular complexity index is 877. The van der Waals surface area contributed by atoms with Gasteiger partial charge in [0.15, 0.2) is 5.78 Å². The molecule has 0 aliphatic heterocycles. The van der Waals surface area contributed by atoms with Crippen LogP contribution >= 0.6 is 0 Å². The van der Waals surface area contributed by atoms with Crippen LogP contribution in [0.25, 0.3) is 5.32 Å². The molecular formula is C27H40N3O5Rb. The van der Waals surface area contributed by atoms with Gasteiger partial charge in [0, 0.05) is 51.3 Å². The second-order valence-corrected chi connectivity index (χ2v) is 8.67. The third kappa shape index (κ3) is 12.9. The van der Waals surface area contributed by atoms with Gasteiger partial charge in [-0.1, -0.05) is 36.2 Å². The van der Waals surface area contributed by atoms with Crippen molar-refractivity contribution in [3.8, 4) is 0 Å². The molecule has 194 valence electrons. The molecule has 2 N–H and O–H groups in total. The molecule has 36 heavy (non-hydrogen) atoms. The normalized spacial score (nSPS) is 12.9. The van der Waals surface area contributed by atoms with Gasteiger partial charge in [-0.05, 0) is 44.9 Å². The maximum atomic E-state index is 12.8. The van der Waals surface area contributed by atoms with Crippen molar-refractivity contribution in [2.75, 3.05) is 26.8 Å². The van der Waals surface area contributed by atoms with Gasteiger partial charge in [-0.3, -0.25) is 9.59 Å². The van der Waals surface area contributed by atoms with Crippen molar-refractivity contribution < 1.29 is 83.5 Å². The van der Waals surface area contributed by atoms with E-state index in [9.17, 15) is 19.2 Å². The largest absolute Gasteiger partial charge is 1.00 e. The molecule has 0 unspecified atom stereocenters. The summed E-state index contributed by atoms with van der Waals surface area (Å²) in [5.74, 6) is -0.329. The number of carbonyl (C=O) groups excluding carboxylic acids is 4. The first-order valence-corrected chi connectivity index (χ1v) is 12.6. The fourth-order valence-corrected chi connectivity index (χ4v) is 3.93. The number of ether oxygens (including phenoxy) is 1. The summed E-state index contributed by atoms with van der Waals surface area (Å²) >= 11 is 0. The number of nitrogens with one attached hydrogen (secondary N) is 2. The summed E-state index contributed by atoms with van der Waals surface area (Å²) in [5.41, 5.74) is 3.40. The smallest absolute Gasteiger partial charge is 0.648 e. The summed E-state index contributed by atoms with van der Waals surface area (Å²) in [6.07, 6.45) is 8.84. The molecule has 0 saturated carbocycles. The number of nitrogens with zero attached hydrogens (tertiary/aromatic N) is 1. The van der Waals surface area contributed by atoms with Crippen molar-refractivity contribution >= 4 is 23.9 Å². The standard InChI is InChI=1S/C27H39N3O5.Rb.H2/c1-28-24-10-5-4-9-23(24)27(34)22-14-12-21(13-15-22)19-30-26(33)20-35-18-8-11-25(32)29-16-6-2-3-7-17-31;;/h12-15,17H,2-11,16,18-20H2,1H3,(H3,28,29,30,32,33,34);;1H/q;+1;/p-1. The maximum Gasteiger partial charge on any atom is 1.00 e. The molecule has 9 heteroatoms. The van der Waals surface area contributed by atoms with E-state index in [1.807, 2.05) is 19.2 Å². The predicted molar refractivity (Wildman–Crippen MR) is 137 cm³/mol. The van der Waals surface area contributed by atoms with E-state index >= 15 is 0 Å². The topological polar surface area (TPSA) is 116 Å². The van der Waals surface area contributed by atoms with Gasteiger partial charge >= 0.3 is 58.2 Å². The quantitative estimate of drug-likeness (QED) is 0.165. The Kier molecular flexibility index (Phi) is 18.1. The summed E-state index contributed by atoms with van der Waals surface area (Å²) in [6, 6.07) is 7.24. The van der Waals surface area contributed by atoms with Crippen molar-refractivity contribution in [2.24, 2.45) is 0 Å². The Morgan fingerprint density at radius 3 is 2.53 bits per heavy atom. The number of ketones is 1. The first-order valence-electron chi connectivity index (χ1n) is 12.6. The van der Waals surface area contributed by atoms with E-state index in [1.165, 1.54) is 0 Å². The fraction of sp³-hybridized carbons (Fsp3) is 0.556. The Labute approximate surface area is 265 Å². The minimum absolute atomic E-state index is 0. The number of allylic oxidation sites excluding steroid dienone is 2. The van der Waals surface area contributed by atoms with E-state index in [0.29, 0.717) is 38.0 Å². The molecule has 2 amide bonds. The zero-order chi connectivity index (χ0) is 25.3. The minimum atomic E-state index is -0.351. The van der Waals surface area contributed by atoms with Crippen LogP contribution in [0.15, 0.2) is 35.5 Å². The average molecular weight is 572 g/mol. The van der Waals surface area contributed by atoms with Crippen molar-refractivity contribution in [3.05, 3.63) is 52.0 Å². The zero-order valence-electron chi connectivity index (χ0n) is 21.8. The van der Waals surface area contributed by atoms with Gasteiger partial charge in [0.05, 0.1) is 12.5 Å². The average Bonchev–Trinajstić information content (AvgIpc) is 2.89. The van der Waals surface area contributed by atoms with Crippen LogP contribution in [0, 0.1) is 0 Å². The molecule has 1 aromatic rings. The number of amides is 2. The maximum absolute atomic E-state index is 12.8. The third-order valence-corrected chi connectivity index (χ3v) is 5.94. The molecule has 0 spiro atoms. The van der Waals surface area contributed by atoms with Crippen LogP contribution in [0.5, 0.6) is 0 Å². The number of carbonyl (C=O) groups is 4. The number of rotatable bonds is 17. The van der Waals surface area contributed by atoms with Crippen LogP contribution in [-0.4, -0.2) is 50.7 Å². The van der Waals surface area contributed by atoms with Gasteiger partial charge in [-0.25, -0.2) is 0 Å². The molecule has 0 saturated heterocycles. The van der Waals surface area contributed by atoms with Crippen molar-refractivity contribution in [1.29, 1.82) is 0 Å². The van der Waals surface area contributed by atoms with Crippen LogP contribution in [-0.2, 0) is 25.7 Å². The van der Waals surface area contributed by atoms with Gasteiger partial charge in [-0.2, -0.15) is 0 Å². The van der Waals surface area contributed by atoms with E-state index in [-0.39, 0.29) is 90.4 Å². The van der Waals surface area contributed by atoms with Crippen LogP contribution in [0.3, 0.4) is 0 Å². The van der Waals surface area contributed by atoms with E-state index in [1.54, 1.807) is 12.1 Å². The number of hydrogen-bond donors (Lipinski definition) is 2. The molecule has 1 aliphatic rings. The number of aldehydes is 1. The number of benzene rings is 1. The van der Waals surface area contributed by atoms with Gasteiger partial charge in [0.1, 0.15) is 6.29 Å². The molecular weight excluding hydrogens is 532 g/mol. The summed E-state index contributed by atoms with van der Waals surface area (Å²) in [5, 5.41) is 10.0. The third-order valence-electron chi connectivity index (χ3n) is 5.94. The Morgan fingerprint density at radius 1 is 1.06 bits per heavy atom. The molecule has 0 aromatic heterocycles. The number of unbranched alkanes of at least 4 members (excludes halogenated alkanes) is 3. The Balaban J connectivity index is 0.00000648. The van der Waals surface area contributed by atoms with Gasteiger partial charge < -0.3 is 30.3 Å². The molecule has 1 aliphatic carbocycles. The summed E-state index contributed by atoms with van der Waals surface area (Å²) < 4.78 is 5.33. The molecule has 0 atom stereocenters. The number of hydrogen-bond acceptors (Lipinski definition) is 6. The molecule has 0 radical (unpaired) electrons. The monoisotopic (exact) mass is 571 g/mol. The van der Waals surface area contributed by atoms with E-state index < -0.39 is 0 Å². The van der Waals surface area contributed by atoms with Crippen LogP contribution in [0.4, 0.5) is 0 Å². The number of Topliss-reactive ketones (excluding diaryl/α,β-unsaturated/α-hetero) is 1. The van der Waals surface area contributed by atoms with Crippen LogP contribution in [0.1, 0.15) is 81.6 Å². The van der Waals surface area contributed by atoms with Crippen molar-refractivity contribution in [2.45, 2.75) is 70.8 Å². The first kappa shape index (κ1) is 32.8. The molecule has 0 fully saturated rings. The zero-order valence-corrected chi connectivity index (χ0v) is 26.7. The van der Waals surface area contributed by atoms with Gasteiger partial charge in [-0.15, -0.1) is 6.54 Å². The molecule has 1 aromatic carbocycles. The van der Waals surface area contributed by atoms with E-state index in [0.717, 1.165) is 68.1 Å². The molecule has 2 rings (SSSR count). The minimum Gasteiger partial charge on any atom is -0.648 e. The van der Waals surface area contributed by atoms with E-state index in [4.69, 9.17) is 4.74 Å². The SMILES string of the molecule is CNC1=C(C(=O)c2ccc(C[N-]C(=O)COCCCC(=O)NCCCCCC=O)cc2)CCCC1.[HH].[Rb+]. The summed E-state index contributed by atoms with van der Waals surface area (Å²) in [6.45, 7) is 1.04. The Hall–Kier alpha value is -1.19. The van der Waals surface area contributed by atoms with E-state index in [2.05, 4.69) is 16.0 Å². The second kappa shape index (κ2) is 19.9. The van der Waals surface area contributed by atoms with Crippen LogP contribution in [0.2, 0.25) is 0 Å². The van der Waals surface area contributed by atoms with Gasteiger partial charge in [0.2, 0.25) is 5.91 Å². The molecule has 0 bridgehead atoms. The van der Waals surface area contributed by atoms with Crippen molar-refractivity contribution in [1.82, 2.24) is 10.6 Å². The fourth-order valence-electron chi connectivity index (χ4n) is 3.93. The first-order chi connectivity index (χ1) is 17.0. The molecule has 0 heterocycles. The summed E-state index contributed by atoms with van der Waals surface area (Å²) in [4.78, 5) is 46.8. The summed E-state index contributed by atoms with van der Waals surface area (Å²) in [7, 11) is 1.86. The predicted octanol–water partition coefficient (Wildman–Crippen LogP) is 1.24. The van der Waals surface area contributed by atoms with Gasteiger partial charge in [0.25, 0.3) is 0 Å². The molecule has 8 nitrogen and oxygen atoms in total. The van der Waals surface area contributed by atoms with Crippen LogP contribution < -0.4 is 68.8 Å². The second-order valence-electron chi connectivity index (χ2n) is 8.67. The van der Waals surface area contributed by atoms with Crippen molar-refractivity contribution in [3.63, 3.8) is 0 Å². The Morgan fingerprint density at radius 2 is 1.81 bits per heavy atom.